The normalized spacial score (nSPS) is 10.6. The molecule has 6 nitrogen and oxygen atoms in total. The van der Waals surface area contributed by atoms with E-state index >= 15 is 0 Å². The fourth-order valence-electron chi connectivity index (χ4n) is 2.25. The Balaban J connectivity index is 1.94. The van der Waals surface area contributed by atoms with E-state index in [0.29, 0.717) is 27.2 Å². The Bertz CT molecular complexity index is 899. The fourth-order valence-corrected chi connectivity index (χ4v) is 2.94. The van der Waals surface area contributed by atoms with E-state index in [1.54, 1.807) is 42.5 Å². The number of halogens is 1. The Kier molecular flexibility index (Phi) is 8.16. The molecule has 0 bridgehead atoms. The van der Waals surface area contributed by atoms with Crippen LogP contribution in [0.2, 0.25) is 0 Å². The van der Waals surface area contributed by atoms with Crippen molar-refractivity contribution in [1.29, 1.82) is 0 Å². The molecule has 0 atom stereocenters. The van der Waals surface area contributed by atoms with Crippen molar-refractivity contribution in [2.45, 2.75) is 33.8 Å². The van der Waals surface area contributed by atoms with Crippen LogP contribution in [0, 0.1) is 5.92 Å². The molecule has 2 aromatic carbocycles. The number of thiocarbonyl (C=S) groups is 1. The van der Waals surface area contributed by atoms with Crippen LogP contribution in [0.4, 0.5) is 11.4 Å². The van der Waals surface area contributed by atoms with Gasteiger partial charge in [-0.3, -0.25) is 14.9 Å². The number of rotatable bonds is 6. The summed E-state index contributed by atoms with van der Waals surface area (Å²) in [4.78, 5) is 24.1. The first-order chi connectivity index (χ1) is 13.7. The van der Waals surface area contributed by atoms with E-state index in [1.807, 2.05) is 27.7 Å². The average Bonchev–Trinajstić information content (AvgIpc) is 2.64. The van der Waals surface area contributed by atoms with Gasteiger partial charge in [0.15, 0.2) is 5.11 Å². The molecule has 0 saturated heterocycles. The predicted molar refractivity (Wildman–Crippen MR) is 124 cm³/mol. The van der Waals surface area contributed by atoms with Crippen LogP contribution in [0.5, 0.6) is 5.75 Å². The lowest BCUT2D eigenvalue weighted by molar-refractivity contribution is -0.118. The minimum absolute atomic E-state index is 0.0350. The van der Waals surface area contributed by atoms with Crippen molar-refractivity contribution in [3.05, 3.63) is 52.5 Å². The van der Waals surface area contributed by atoms with Crippen LogP contribution < -0.4 is 20.7 Å². The number of hydrogen-bond donors (Lipinski definition) is 3. The maximum Gasteiger partial charge on any atom is 0.257 e. The van der Waals surface area contributed by atoms with Gasteiger partial charge in [-0.15, -0.1) is 0 Å². The van der Waals surface area contributed by atoms with Gasteiger partial charge < -0.3 is 15.4 Å². The number of amides is 2. The predicted octanol–water partition coefficient (Wildman–Crippen LogP) is 4.96. The molecule has 8 heteroatoms. The topological polar surface area (TPSA) is 79.5 Å². The van der Waals surface area contributed by atoms with E-state index in [0.717, 1.165) is 0 Å². The van der Waals surface area contributed by atoms with Gasteiger partial charge in [-0.05, 0) is 84.5 Å². The van der Waals surface area contributed by atoms with Gasteiger partial charge in [0.1, 0.15) is 5.75 Å². The largest absolute Gasteiger partial charge is 0.490 e. The van der Waals surface area contributed by atoms with Gasteiger partial charge in [-0.2, -0.15) is 0 Å². The molecule has 0 aliphatic heterocycles. The number of carbonyl (C=O) groups is 2. The molecule has 0 heterocycles. The summed E-state index contributed by atoms with van der Waals surface area (Å²) in [5, 5.41) is 8.58. The van der Waals surface area contributed by atoms with Crippen molar-refractivity contribution in [3.63, 3.8) is 0 Å². The van der Waals surface area contributed by atoms with Crippen molar-refractivity contribution in [3.8, 4) is 5.75 Å². The van der Waals surface area contributed by atoms with Crippen molar-refractivity contribution >= 4 is 56.4 Å². The molecule has 0 saturated carbocycles. The van der Waals surface area contributed by atoms with Gasteiger partial charge in [0, 0.05) is 22.9 Å². The Morgan fingerprint density at radius 3 is 2.07 bits per heavy atom. The molecule has 154 valence electrons. The summed E-state index contributed by atoms with van der Waals surface area (Å²) in [5.41, 5.74) is 1.83. The zero-order valence-electron chi connectivity index (χ0n) is 16.7. The molecule has 0 aromatic heterocycles. The third-order valence-corrected chi connectivity index (χ3v) is 4.54. The minimum Gasteiger partial charge on any atom is -0.490 e. The van der Waals surface area contributed by atoms with Gasteiger partial charge in [0.25, 0.3) is 5.91 Å². The molecular weight excluding hydrogens is 454 g/mol. The third-order valence-electron chi connectivity index (χ3n) is 3.72. The Morgan fingerprint density at radius 1 is 0.966 bits per heavy atom. The van der Waals surface area contributed by atoms with Crippen LogP contribution in [0.3, 0.4) is 0 Å². The molecule has 0 aliphatic carbocycles. The second-order valence-corrected chi connectivity index (χ2v) is 8.20. The van der Waals surface area contributed by atoms with Gasteiger partial charge in [0.2, 0.25) is 5.91 Å². The van der Waals surface area contributed by atoms with Crippen molar-refractivity contribution in [1.82, 2.24) is 5.32 Å². The number of carbonyl (C=O) groups excluding carboxylic acids is 2. The van der Waals surface area contributed by atoms with Gasteiger partial charge >= 0.3 is 0 Å². The molecule has 0 radical (unpaired) electrons. The Morgan fingerprint density at radius 2 is 1.55 bits per heavy atom. The van der Waals surface area contributed by atoms with E-state index in [9.17, 15) is 9.59 Å². The SMILES string of the molecule is CC(C)Oc1ccc(C(=O)NC(=S)Nc2ccc(NC(=O)C(C)C)cc2)cc1Br. The van der Waals surface area contributed by atoms with Gasteiger partial charge in [-0.25, -0.2) is 0 Å². The minimum atomic E-state index is -0.333. The first-order valence-corrected chi connectivity index (χ1v) is 10.3. The summed E-state index contributed by atoms with van der Waals surface area (Å²) in [6.45, 7) is 7.52. The van der Waals surface area contributed by atoms with E-state index in [-0.39, 0.29) is 28.9 Å². The lowest BCUT2D eigenvalue weighted by Crippen LogP contribution is -2.34. The van der Waals surface area contributed by atoms with Crippen LogP contribution in [-0.4, -0.2) is 23.0 Å². The highest BCUT2D eigenvalue weighted by Gasteiger charge is 2.12. The van der Waals surface area contributed by atoms with E-state index in [1.165, 1.54) is 0 Å². The van der Waals surface area contributed by atoms with Crippen molar-refractivity contribution in [2.24, 2.45) is 5.92 Å². The van der Waals surface area contributed by atoms with Gasteiger partial charge in [-0.1, -0.05) is 13.8 Å². The molecule has 0 unspecified atom stereocenters. The molecule has 0 spiro atoms. The number of anilines is 2. The highest BCUT2D eigenvalue weighted by molar-refractivity contribution is 9.10. The average molecular weight is 478 g/mol. The molecule has 2 aromatic rings. The van der Waals surface area contributed by atoms with Crippen molar-refractivity contribution in [2.75, 3.05) is 10.6 Å². The lowest BCUT2D eigenvalue weighted by atomic mass is 10.2. The van der Waals surface area contributed by atoms with E-state index in [2.05, 4.69) is 31.9 Å². The number of nitrogens with one attached hydrogen (secondary N) is 3. The lowest BCUT2D eigenvalue weighted by Gasteiger charge is -2.13. The third kappa shape index (κ3) is 7.14. The molecule has 2 rings (SSSR count). The van der Waals surface area contributed by atoms with E-state index in [4.69, 9.17) is 17.0 Å². The van der Waals surface area contributed by atoms with Crippen molar-refractivity contribution < 1.29 is 14.3 Å². The Hall–Kier alpha value is -2.45. The summed E-state index contributed by atoms with van der Waals surface area (Å²) in [6, 6.07) is 12.1. The molecule has 3 N–H and O–H groups in total. The molecular formula is C21H24BrN3O3S. The van der Waals surface area contributed by atoms with Gasteiger partial charge in [0.05, 0.1) is 10.6 Å². The quantitative estimate of drug-likeness (QED) is 0.512. The highest BCUT2D eigenvalue weighted by Crippen LogP contribution is 2.27. The first-order valence-electron chi connectivity index (χ1n) is 9.15. The fraction of sp³-hybridized carbons (Fsp3) is 0.286. The maximum atomic E-state index is 12.4. The monoisotopic (exact) mass is 477 g/mol. The highest BCUT2D eigenvalue weighted by atomic mass is 79.9. The summed E-state index contributed by atoms with van der Waals surface area (Å²) in [5.74, 6) is 0.188. The second-order valence-electron chi connectivity index (χ2n) is 6.94. The first kappa shape index (κ1) is 22.8. The standard InChI is InChI=1S/C21H24BrN3O3S/c1-12(2)19(26)23-15-6-8-16(9-7-15)24-21(29)25-20(27)14-5-10-18(17(22)11-14)28-13(3)4/h5-13H,1-4H3,(H,23,26)(H2,24,25,27,29). The smallest absolute Gasteiger partial charge is 0.257 e. The van der Waals surface area contributed by atoms with Crippen LogP contribution in [0.25, 0.3) is 0 Å². The zero-order chi connectivity index (χ0) is 21.6. The zero-order valence-corrected chi connectivity index (χ0v) is 19.1. The molecule has 0 aliphatic rings. The molecule has 2 amide bonds. The summed E-state index contributed by atoms with van der Waals surface area (Å²) >= 11 is 8.63. The second kappa shape index (κ2) is 10.4. The number of ether oxygens (including phenoxy) is 1. The van der Waals surface area contributed by atoms with Crippen LogP contribution >= 0.6 is 28.1 Å². The Labute approximate surface area is 184 Å². The summed E-state index contributed by atoms with van der Waals surface area (Å²) in [7, 11) is 0. The van der Waals surface area contributed by atoms with E-state index < -0.39 is 0 Å². The number of hydrogen-bond acceptors (Lipinski definition) is 4. The summed E-state index contributed by atoms with van der Waals surface area (Å²) < 4.78 is 6.33. The van der Waals surface area contributed by atoms with Crippen LogP contribution in [0.15, 0.2) is 46.9 Å². The summed E-state index contributed by atoms with van der Waals surface area (Å²) in [6.07, 6.45) is 0.0350. The van der Waals surface area contributed by atoms with Crippen LogP contribution in [0.1, 0.15) is 38.1 Å². The number of benzene rings is 2. The molecule has 0 fully saturated rings. The maximum absolute atomic E-state index is 12.4. The van der Waals surface area contributed by atoms with Crippen LogP contribution in [-0.2, 0) is 4.79 Å². The molecule has 29 heavy (non-hydrogen) atoms.